The Balaban J connectivity index is 2.28. The maximum atomic E-state index is 11.6. The van der Waals surface area contributed by atoms with Crippen molar-refractivity contribution in [3.8, 4) is 5.69 Å². The first-order chi connectivity index (χ1) is 10.8. The highest BCUT2D eigenvalue weighted by Gasteiger charge is 2.32. The largest absolute Gasteiger partial charge is 0.478 e. The number of fused-ring (bicyclic) bond motifs is 1. The van der Waals surface area contributed by atoms with Crippen LogP contribution in [0.5, 0.6) is 0 Å². The van der Waals surface area contributed by atoms with E-state index in [0.717, 1.165) is 36.2 Å². The Labute approximate surface area is 136 Å². The van der Waals surface area contributed by atoms with E-state index in [1.165, 1.54) is 0 Å². The van der Waals surface area contributed by atoms with E-state index in [1.54, 1.807) is 16.8 Å². The van der Waals surface area contributed by atoms with Crippen molar-refractivity contribution in [3.05, 3.63) is 46.8 Å². The van der Waals surface area contributed by atoms with E-state index in [1.807, 2.05) is 12.1 Å². The lowest BCUT2D eigenvalue weighted by Gasteiger charge is -2.24. The van der Waals surface area contributed by atoms with Gasteiger partial charge in [0.1, 0.15) is 0 Å². The Hall–Kier alpha value is -2.14. The summed E-state index contributed by atoms with van der Waals surface area (Å²) in [6, 6.07) is 6.97. The number of carboxylic acids is 1. The molecule has 3 rings (SSSR count). The lowest BCUT2D eigenvalue weighted by atomic mass is 9.82. The molecular weight excluding hydrogens is 290 g/mol. The van der Waals surface area contributed by atoms with Gasteiger partial charge in [-0.2, -0.15) is 5.10 Å². The molecule has 0 fully saturated rings. The lowest BCUT2D eigenvalue weighted by molar-refractivity contribution is 0.0696. The fraction of sp³-hybridized carbons (Fsp3) is 0.444. The van der Waals surface area contributed by atoms with Crippen molar-refractivity contribution in [2.45, 2.75) is 51.5 Å². The highest BCUT2D eigenvalue weighted by Crippen LogP contribution is 2.37. The minimum absolute atomic E-state index is 0.0290. The third-order valence-corrected chi connectivity index (χ3v) is 4.39. The molecule has 0 radical (unpaired) electrons. The smallest absolute Gasteiger partial charge is 0.337 e. The van der Waals surface area contributed by atoms with E-state index in [4.69, 9.17) is 10.8 Å². The number of aromatic nitrogens is 2. The second-order valence-electron chi connectivity index (χ2n) is 7.19. The number of benzene rings is 1. The predicted octanol–water partition coefficient (Wildman–Crippen LogP) is 3.20. The van der Waals surface area contributed by atoms with Gasteiger partial charge in [0.25, 0.3) is 0 Å². The average Bonchev–Trinajstić information content (AvgIpc) is 2.88. The molecule has 1 aromatic heterocycles. The number of rotatable bonds is 2. The second-order valence-corrected chi connectivity index (χ2v) is 7.19. The van der Waals surface area contributed by atoms with Crippen LogP contribution >= 0.6 is 0 Å². The average molecular weight is 313 g/mol. The molecule has 1 unspecified atom stereocenters. The van der Waals surface area contributed by atoms with Crippen LogP contribution in [0, 0.1) is 0 Å². The quantitative estimate of drug-likeness (QED) is 0.892. The number of carbonyl (C=O) groups is 1. The van der Waals surface area contributed by atoms with Crippen LogP contribution < -0.4 is 5.73 Å². The SMILES string of the molecule is CC(C)(C)c1nn(-c2ccccc2C(=O)O)c2c1C(N)CCC2. The number of nitrogens with two attached hydrogens (primary N) is 1. The van der Waals surface area contributed by atoms with Gasteiger partial charge in [-0.3, -0.25) is 0 Å². The maximum Gasteiger partial charge on any atom is 0.337 e. The first-order valence-corrected chi connectivity index (χ1v) is 8.01. The summed E-state index contributed by atoms with van der Waals surface area (Å²) in [4.78, 5) is 11.6. The third kappa shape index (κ3) is 2.65. The lowest BCUT2D eigenvalue weighted by Crippen LogP contribution is -2.22. The summed E-state index contributed by atoms with van der Waals surface area (Å²) in [6.45, 7) is 6.35. The molecule has 0 saturated carbocycles. The van der Waals surface area contributed by atoms with Crippen molar-refractivity contribution in [1.29, 1.82) is 0 Å². The standard InChI is InChI=1S/C18H23N3O2/c1-18(2,3)16-15-12(19)8-6-10-14(15)21(20-16)13-9-5-4-7-11(13)17(22)23/h4-5,7,9,12H,6,8,10,19H2,1-3H3,(H,22,23). The number of aromatic carboxylic acids is 1. The number of para-hydroxylation sites is 1. The molecule has 5 heteroatoms. The van der Waals surface area contributed by atoms with Crippen molar-refractivity contribution in [2.24, 2.45) is 5.73 Å². The van der Waals surface area contributed by atoms with Crippen LogP contribution in [0.25, 0.3) is 5.69 Å². The molecule has 3 N–H and O–H groups in total. The van der Waals surface area contributed by atoms with Gasteiger partial charge in [-0.05, 0) is 31.4 Å². The molecule has 2 aromatic rings. The molecule has 1 heterocycles. The molecule has 0 bridgehead atoms. The molecule has 23 heavy (non-hydrogen) atoms. The molecule has 1 aliphatic rings. The number of carboxylic acid groups (broad SMARTS) is 1. The Morgan fingerprint density at radius 3 is 2.70 bits per heavy atom. The summed E-state index contributed by atoms with van der Waals surface area (Å²) in [5.74, 6) is -0.942. The molecule has 122 valence electrons. The minimum Gasteiger partial charge on any atom is -0.478 e. The number of nitrogens with zero attached hydrogens (tertiary/aromatic N) is 2. The zero-order valence-electron chi connectivity index (χ0n) is 13.8. The van der Waals surface area contributed by atoms with E-state index < -0.39 is 5.97 Å². The molecule has 1 aromatic carbocycles. The van der Waals surface area contributed by atoms with Gasteiger partial charge in [0.2, 0.25) is 0 Å². The van der Waals surface area contributed by atoms with Gasteiger partial charge in [-0.25, -0.2) is 9.48 Å². The van der Waals surface area contributed by atoms with Gasteiger partial charge < -0.3 is 10.8 Å². The van der Waals surface area contributed by atoms with Crippen LogP contribution in [-0.4, -0.2) is 20.9 Å². The van der Waals surface area contributed by atoms with E-state index in [0.29, 0.717) is 5.69 Å². The number of hydrogen-bond acceptors (Lipinski definition) is 3. The van der Waals surface area contributed by atoms with Crippen molar-refractivity contribution in [3.63, 3.8) is 0 Å². The molecule has 0 saturated heterocycles. The van der Waals surface area contributed by atoms with Crippen molar-refractivity contribution in [1.82, 2.24) is 9.78 Å². The second kappa shape index (κ2) is 5.49. The Morgan fingerprint density at radius 1 is 1.35 bits per heavy atom. The van der Waals surface area contributed by atoms with E-state index >= 15 is 0 Å². The maximum absolute atomic E-state index is 11.6. The van der Waals surface area contributed by atoms with E-state index in [9.17, 15) is 9.90 Å². The fourth-order valence-electron chi connectivity index (χ4n) is 3.32. The number of hydrogen-bond donors (Lipinski definition) is 2. The predicted molar refractivity (Wildman–Crippen MR) is 89.1 cm³/mol. The highest BCUT2D eigenvalue weighted by molar-refractivity contribution is 5.91. The normalized spacial score (nSPS) is 17.8. The topological polar surface area (TPSA) is 81.1 Å². The van der Waals surface area contributed by atoms with Gasteiger partial charge >= 0.3 is 5.97 Å². The van der Waals surface area contributed by atoms with Crippen LogP contribution in [-0.2, 0) is 11.8 Å². The molecule has 0 amide bonds. The zero-order chi connectivity index (χ0) is 16.8. The zero-order valence-corrected chi connectivity index (χ0v) is 13.8. The van der Waals surface area contributed by atoms with E-state index in [2.05, 4.69) is 20.8 Å². The Bertz CT molecular complexity index is 756. The first-order valence-electron chi connectivity index (χ1n) is 8.01. The van der Waals surface area contributed by atoms with Crippen LogP contribution in [0.4, 0.5) is 0 Å². The van der Waals surface area contributed by atoms with Crippen LogP contribution in [0.1, 0.15) is 67.0 Å². The summed E-state index contributed by atoms with van der Waals surface area (Å²) in [7, 11) is 0. The first kappa shape index (κ1) is 15.7. The molecule has 1 atom stereocenters. The van der Waals surface area contributed by atoms with Gasteiger partial charge in [0.15, 0.2) is 0 Å². The third-order valence-electron chi connectivity index (χ3n) is 4.39. The minimum atomic E-state index is -0.942. The summed E-state index contributed by atoms with van der Waals surface area (Å²) in [6.07, 6.45) is 2.82. The molecule has 0 aliphatic heterocycles. The van der Waals surface area contributed by atoms with Crippen LogP contribution in [0.15, 0.2) is 24.3 Å². The highest BCUT2D eigenvalue weighted by atomic mass is 16.4. The van der Waals surface area contributed by atoms with Crippen LogP contribution in [0.3, 0.4) is 0 Å². The van der Waals surface area contributed by atoms with Gasteiger partial charge in [0.05, 0.1) is 16.9 Å². The Morgan fingerprint density at radius 2 is 2.04 bits per heavy atom. The van der Waals surface area contributed by atoms with Gasteiger partial charge in [-0.1, -0.05) is 32.9 Å². The molecular formula is C18H23N3O2. The molecule has 1 aliphatic carbocycles. The Kier molecular flexibility index (Phi) is 3.76. The van der Waals surface area contributed by atoms with Gasteiger partial charge in [-0.15, -0.1) is 0 Å². The summed E-state index contributed by atoms with van der Waals surface area (Å²) >= 11 is 0. The van der Waals surface area contributed by atoms with Gasteiger partial charge in [0, 0.05) is 22.7 Å². The summed E-state index contributed by atoms with van der Waals surface area (Å²) in [5.41, 5.74) is 10.2. The van der Waals surface area contributed by atoms with Crippen LogP contribution in [0.2, 0.25) is 0 Å². The summed E-state index contributed by atoms with van der Waals surface area (Å²) in [5, 5.41) is 14.3. The van der Waals surface area contributed by atoms with Crippen molar-refractivity contribution >= 4 is 5.97 Å². The van der Waals surface area contributed by atoms with E-state index in [-0.39, 0.29) is 17.0 Å². The monoisotopic (exact) mass is 313 g/mol. The van der Waals surface area contributed by atoms with Crippen molar-refractivity contribution < 1.29 is 9.90 Å². The fourth-order valence-corrected chi connectivity index (χ4v) is 3.32. The molecule has 0 spiro atoms. The van der Waals surface area contributed by atoms with Crippen molar-refractivity contribution in [2.75, 3.05) is 0 Å². The summed E-state index contributed by atoms with van der Waals surface area (Å²) < 4.78 is 1.80. The molecule has 5 nitrogen and oxygen atoms in total.